The predicted molar refractivity (Wildman–Crippen MR) is 76.6 cm³/mol. The number of carbonyl (C=O) groups excluding carboxylic acids is 1. The quantitative estimate of drug-likeness (QED) is 0.370. The summed E-state index contributed by atoms with van der Waals surface area (Å²) in [7, 11) is 0. The van der Waals surface area contributed by atoms with Crippen LogP contribution in [0.15, 0.2) is 0 Å². The van der Waals surface area contributed by atoms with Gasteiger partial charge < -0.3 is 14.2 Å². The number of unbranched alkanes of at least 4 members (excludes halogenated alkanes) is 2. The second-order valence-electron chi connectivity index (χ2n) is 5.94. The lowest BCUT2D eigenvalue weighted by atomic mass is 9.98. The van der Waals surface area contributed by atoms with E-state index in [9.17, 15) is 4.79 Å². The Kier molecular flexibility index (Phi) is 6.30. The van der Waals surface area contributed by atoms with Crippen LogP contribution in [0, 0.1) is 0 Å². The number of rotatable bonds is 9. The summed E-state index contributed by atoms with van der Waals surface area (Å²) in [6.45, 7) is 3.65. The van der Waals surface area contributed by atoms with Gasteiger partial charge in [0.2, 0.25) is 0 Å². The van der Waals surface area contributed by atoms with Crippen LogP contribution in [0.2, 0.25) is 0 Å². The topological polar surface area (TPSA) is 48.1 Å². The van der Waals surface area contributed by atoms with Crippen molar-refractivity contribution in [1.29, 1.82) is 0 Å². The minimum absolute atomic E-state index is 0.182. The highest BCUT2D eigenvalue weighted by Crippen LogP contribution is 2.34. The molecule has 1 saturated carbocycles. The van der Waals surface area contributed by atoms with Crippen molar-refractivity contribution in [1.82, 2.24) is 0 Å². The molecule has 0 bridgehead atoms. The molecule has 0 amide bonds. The molecule has 0 aromatic carbocycles. The lowest BCUT2D eigenvalue weighted by Crippen LogP contribution is -2.27. The van der Waals surface area contributed by atoms with Crippen molar-refractivity contribution in [2.24, 2.45) is 0 Å². The third-order valence-corrected chi connectivity index (χ3v) is 4.27. The van der Waals surface area contributed by atoms with Gasteiger partial charge in [-0.25, -0.2) is 4.79 Å². The van der Waals surface area contributed by atoms with Crippen LogP contribution in [0.5, 0.6) is 0 Å². The highest BCUT2D eigenvalue weighted by atomic mass is 16.6. The van der Waals surface area contributed by atoms with E-state index in [0.29, 0.717) is 19.3 Å². The van der Waals surface area contributed by atoms with E-state index in [0.717, 1.165) is 32.3 Å². The van der Waals surface area contributed by atoms with Gasteiger partial charge in [-0.05, 0) is 39.0 Å². The number of ether oxygens (including phenoxy) is 3. The van der Waals surface area contributed by atoms with Crippen molar-refractivity contribution in [3.05, 3.63) is 0 Å². The first-order valence-electron chi connectivity index (χ1n) is 8.19. The van der Waals surface area contributed by atoms with E-state index in [4.69, 9.17) is 14.2 Å². The summed E-state index contributed by atoms with van der Waals surface area (Å²) < 4.78 is 16.2. The molecule has 1 aliphatic carbocycles. The van der Waals surface area contributed by atoms with Crippen LogP contribution >= 0.6 is 0 Å². The van der Waals surface area contributed by atoms with Crippen molar-refractivity contribution in [3.63, 3.8) is 0 Å². The maximum atomic E-state index is 11.7. The molecule has 1 heterocycles. The lowest BCUT2D eigenvalue weighted by Gasteiger charge is -2.21. The molecular formula is C16H28O4. The molecule has 0 N–H and O–H groups in total. The molecule has 2 fully saturated rings. The van der Waals surface area contributed by atoms with Crippen LogP contribution in [0.1, 0.15) is 64.7 Å². The molecule has 4 heteroatoms. The second kappa shape index (κ2) is 7.99. The molecule has 116 valence electrons. The number of hydrogen-bond donors (Lipinski definition) is 0. The standard InChI is InChI=1S/C16H28O4/c1-2-18-15(17)16(13-20-16)11-7-4-8-12-19-14-9-5-3-6-10-14/h14H,2-13H2,1H3. The monoisotopic (exact) mass is 284 g/mol. The van der Waals surface area contributed by atoms with E-state index in [1.807, 2.05) is 6.92 Å². The Labute approximate surface area is 122 Å². The Bertz CT molecular complexity index is 293. The summed E-state index contributed by atoms with van der Waals surface area (Å²) in [6, 6.07) is 0. The molecule has 1 aliphatic heterocycles. The zero-order valence-electron chi connectivity index (χ0n) is 12.7. The van der Waals surface area contributed by atoms with Crippen LogP contribution in [0.3, 0.4) is 0 Å². The first kappa shape index (κ1) is 15.8. The molecular weight excluding hydrogens is 256 g/mol. The van der Waals surface area contributed by atoms with Gasteiger partial charge in [0.05, 0.1) is 19.3 Å². The van der Waals surface area contributed by atoms with E-state index in [1.54, 1.807) is 0 Å². The second-order valence-corrected chi connectivity index (χ2v) is 5.94. The van der Waals surface area contributed by atoms with Crippen molar-refractivity contribution in [2.75, 3.05) is 19.8 Å². The summed E-state index contributed by atoms with van der Waals surface area (Å²) in [6.07, 6.45) is 11.0. The first-order valence-corrected chi connectivity index (χ1v) is 8.19. The number of esters is 1. The van der Waals surface area contributed by atoms with Crippen molar-refractivity contribution in [3.8, 4) is 0 Å². The molecule has 0 aromatic heterocycles. The molecule has 2 rings (SSSR count). The van der Waals surface area contributed by atoms with Gasteiger partial charge in [-0.15, -0.1) is 0 Å². The zero-order chi connectivity index (χ0) is 14.3. The summed E-state index contributed by atoms with van der Waals surface area (Å²) in [5, 5.41) is 0. The summed E-state index contributed by atoms with van der Waals surface area (Å²) >= 11 is 0. The molecule has 0 aromatic rings. The van der Waals surface area contributed by atoms with Crippen molar-refractivity contribution < 1.29 is 19.0 Å². The Morgan fingerprint density at radius 1 is 1.20 bits per heavy atom. The van der Waals surface area contributed by atoms with Crippen molar-refractivity contribution >= 4 is 5.97 Å². The highest BCUT2D eigenvalue weighted by molar-refractivity contribution is 5.82. The smallest absolute Gasteiger partial charge is 0.340 e. The molecule has 2 aliphatic rings. The van der Waals surface area contributed by atoms with Crippen LogP contribution in [-0.4, -0.2) is 37.5 Å². The van der Waals surface area contributed by atoms with Gasteiger partial charge in [0.25, 0.3) is 0 Å². The average molecular weight is 284 g/mol. The fourth-order valence-electron chi connectivity index (χ4n) is 2.89. The minimum atomic E-state index is -0.597. The van der Waals surface area contributed by atoms with Gasteiger partial charge in [0, 0.05) is 6.61 Å². The molecule has 1 unspecified atom stereocenters. The molecule has 20 heavy (non-hydrogen) atoms. The van der Waals surface area contributed by atoms with Gasteiger partial charge in [0.1, 0.15) is 0 Å². The number of hydrogen-bond acceptors (Lipinski definition) is 4. The summed E-state index contributed by atoms with van der Waals surface area (Å²) in [4.78, 5) is 11.7. The third-order valence-electron chi connectivity index (χ3n) is 4.27. The Morgan fingerprint density at radius 3 is 2.60 bits per heavy atom. The van der Waals surface area contributed by atoms with Gasteiger partial charge in [-0.3, -0.25) is 0 Å². The normalized spacial score (nSPS) is 26.4. The molecule has 1 atom stereocenters. The van der Waals surface area contributed by atoms with Crippen LogP contribution in [0.25, 0.3) is 0 Å². The van der Waals surface area contributed by atoms with Gasteiger partial charge in [-0.2, -0.15) is 0 Å². The maximum absolute atomic E-state index is 11.7. The van der Waals surface area contributed by atoms with Crippen LogP contribution < -0.4 is 0 Å². The van der Waals surface area contributed by atoms with Gasteiger partial charge >= 0.3 is 5.97 Å². The van der Waals surface area contributed by atoms with Gasteiger partial charge in [0.15, 0.2) is 5.60 Å². The Balaban J connectivity index is 1.48. The number of carbonyl (C=O) groups is 1. The van der Waals surface area contributed by atoms with E-state index in [-0.39, 0.29) is 5.97 Å². The SMILES string of the molecule is CCOC(=O)C1(CCCCCOC2CCCCC2)CO1. The molecule has 4 nitrogen and oxygen atoms in total. The third kappa shape index (κ3) is 4.74. The van der Waals surface area contributed by atoms with E-state index in [1.165, 1.54) is 32.1 Å². The van der Waals surface area contributed by atoms with Crippen molar-refractivity contribution in [2.45, 2.75) is 76.4 Å². The van der Waals surface area contributed by atoms with E-state index < -0.39 is 5.60 Å². The maximum Gasteiger partial charge on any atom is 0.340 e. The largest absolute Gasteiger partial charge is 0.464 e. The fraction of sp³-hybridized carbons (Fsp3) is 0.938. The van der Waals surface area contributed by atoms with E-state index in [2.05, 4.69) is 0 Å². The minimum Gasteiger partial charge on any atom is -0.464 e. The lowest BCUT2D eigenvalue weighted by molar-refractivity contribution is -0.149. The van der Waals surface area contributed by atoms with Gasteiger partial charge in [-0.1, -0.05) is 25.7 Å². The fourth-order valence-corrected chi connectivity index (χ4v) is 2.89. The summed E-state index contributed by atoms with van der Waals surface area (Å²) in [5.41, 5.74) is -0.597. The molecule has 0 radical (unpaired) electrons. The molecule has 1 saturated heterocycles. The zero-order valence-corrected chi connectivity index (χ0v) is 12.7. The van der Waals surface area contributed by atoms with Crippen LogP contribution in [-0.2, 0) is 19.0 Å². The number of epoxide rings is 1. The Hall–Kier alpha value is -0.610. The highest BCUT2D eigenvalue weighted by Gasteiger charge is 2.52. The molecule has 0 spiro atoms. The Morgan fingerprint density at radius 2 is 1.95 bits per heavy atom. The summed E-state index contributed by atoms with van der Waals surface area (Å²) in [5.74, 6) is -0.182. The first-order chi connectivity index (χ1) is 9.77. The average Bonchev–Trinajstić information content (AvgIpc) is 3.25. The predicted octanol–water partition coefficient (Wildman–Crippen LogP) is 3.23. The van der Waals surface area contributed by atoms with E-state index >= 15 is 0 Å². The van der Waals surface area contributed by atoms with Crippen LogP contribution in [0.4, 0.5) is 0 Å².